The summed E-state index contributed by atoms with van der Waals surface area (Å²) < 4.78 is 0. The quantitative estimate of drug-likeness (QED) is 0.695. The van der Waals surface area contributed by atoms with Crippen LogP contribution < -0.4 is 5.56 Å². The number of carbonyl (C=O) groups excluding carboxylic acids is 1. The van der Waals surface area contributed by atoms with E-state index in [1.54, 1.807) is 11.3 Å². The summed E-state index contributed by atoms with van der Waals surface area (Å²) in [6, 6.07) is -0.839. The molecule has 140 valence electrons. The number of carbonyl (C=O) groups is 2. The number of hydrogen-bond acceptors (Lipinski definition) is 6. The maximum absolute atomic E-state index is 12.4. The van der Waals surface area contributed by atoms with Gasteiger partial charge in [-0.05, 0) is 31.7 Å². The van der Waals surface area contributed by atoms with Gasteiger partial charge in [0.05, 0.1) is 11.1 Å². The first-order valence-electron chi connectivity index (χ1n) is 8.48. The SMILES string of the molecule is CC(C(=O)O)N(C)C(=O)CCSCc1nc2sc3c(c2c(=O)[nH]1)CCC3. The van der Waals surface area contributed by atoms with Crippen LogP contribution in [-0.4, -0.2) is 50.7 Å². The minimum absolute atomic E-state index is 0.0731. The zero-order valence-corrected chi connectivity index (χ0v) is 16.3. The van der Waals surface area contributed by atoms with Crippen LogP contribution in [0.2, 0.25) is 0 Å². The smallest absolute Gasteiger partial charge is 0.326 e. The lowest BCUT2D eigenvalue weighted by atomic mass is 10.2. The molecule has 0 bridgehead atoms. The molecule has 0 radical (unpaired) electrons. The Bertz CT molecular complexity index is 905. The van der Waals surface area contributed by atoms with Gasteiger partial charge in [-0.15, -0.1) is 11.3 Å². The Morgan fingerprint density at radius 1 is 1.42 bits per heavy atom. The number of carboxylic acids is 1. The molecule has 2 aromatic rings. The number of hydrogen-bond donors (Lipinski definition) is 2. The Morgan fingerprint density at radius 3 is 2.92 bits per heavy atom. The van der Waals surface area contributed by atoms with E-state index in [4.69, 9.17) is 5.11 Å². The minimum atomic E-state index is -1.02. The van der Waals surface area contributed by atoms with Crippen LogP contribution in [0.25, 0.3) is 10.2 Å². The summed E-state index contributed by atoms with van der Waals surface area (Å²) in [7, 11) is 1.49. The number of thioether (sulfide) groups is 1. The molecule has 1 amide bonds. The molecule has 0 fully saturated rings. The van der Waals surface area contributed by atoms with E-state index in [1.165, 1.54) is 41.1 Å². The Balaban J connectivity index is 1.56. The van der Waals surface area contributed by atoms with Gasteiger partial charge in [0.1, 0.15) is 16.7 Å². The van der Waals surface area contributed by atoms with Crippen LogP contribution in [0, 0.1) is 0 Å². The van der Waals surface area contributed by atoms with Crippen molar-refractivity contribution >= 4 is 45.2 Å². The molecule has 26 heavy (non-hydrogen) atoms. The first-order valence-corrected chi connectivity index (χ1v) is 10.4. The number of nitrogens with one attached hydrogen (secondary N) is 1. The Hall–Kier alpha value is -1.87. The molecule has 7 nitrogen and oxygen atoms in total. The maximum atomic E-state index is 12.4. The monoisotopic (exact) mass is 395 g/mol. The summed E-state index contributed by atoms with van der Waals surface area (Å²) in [5.41, 5.74) is 1.09. The van der Waals surface area contributed by atoms with Crippen molar-refractivity contribution in [2.45, 2.75) is 44.4 Å². The van der Waals surface area contributed by atoms with Crippen LogP contribution in [0.3, 0.4) is 0 Å². The molecule has 9 heteroatoms. The number of fused-ring (bicyclic) bond motifs is 3. The number of aliphatic carboxylic acids is 1. The van der Waals surface area contributed by atoms with Crippen LogP contribution in [0.15, 0.2) is 4.79 Å². The number of nitrogens with zero attached hydrogens (tertiary/aromatic N) is 2. The van der Waals surface area contributed by atoms with E-state index in [2.05, 4.69) is 9.97 Å². The summed E-state index contributed by atoms with van der Waals surface area (Å²) in [6.07, 6.45) is 3.35. The average Bonchev–Trinajstić information content (AvgIpc) is 3.17. The van der Waals surface area contributed by atoms with E-state index in [9.17, 15) is 14.4 Å². The van der Waals surface area contributed by atoms with Gasteiger partial charge < -0.3 is 15.0 Å². The number of likely N-dealkylation sites (N-methyl/N-ethyl adjacent to an activating group) is 1. The second-order valence-electron chi connectivity index (χ2n) is 6.37. The number of aryl methyl sites for hydroxylation is 2. The van der Waals surface area contributed by atoms with Gasteiger partial charge in [0.15, 0.2) is 0 Å². The second kappa shape index (κ2) is 7.79. The molecular weight excluding hydrogens is 374 g/mol. The van der Waals surface area contributed by atoms with Gasteiger partial charge >= 0.3 is 5.97 Å². The van der Waals surface area contributed by atoms with Crippen molar-refractivity contribution in [3.8, 4) is 0 Å². The highest BCUT2D eigenvalue weighted by molar-refractivity contribution is 7.98. The van der Waals surface area contributed by atoms with E-state index in [-0.39, 0.29) is 17.9 Å². The highest BCUT2D eigenvalue weighted by Crippen LogP contribution is 2.34. The van der Waals surface area contributed by atoms with Crippen molar-refractivity contribution in [3.05, 3.63) is 26.6 Å². The fourth-order valence-electron chi connectivity index (χ4n) is 3.00. The van der Waals surface area contributed by atoms with Gasteiger partial charge in [-0.3, -0.25) is 9.59 Å². The lowest BCUT2D eigenvalue weighted by Crippen LogP contribution is -2.40. The summed E-state index contributed by atoms with van der Waals surface area (Å²) in [4.78, 5) is 46.0. The van der Waals surface area contributed by atoms with E-state index in [0.29, 0.717) is 17.3 Å². The molecule has 0 saturated heterocycles. The van der Waals surface area contributed by atoms with E-state index >= 15 is 0 Å². The largest absolute Gasteiger partial charge is 0.480 e. The van der Waals surface area contributed by atoms with Crippen molar-refractivity contribution in [1.82, 2.24) is 14.9 Å². The third-order valence-electron chi connectivity index (χ3n) is 4.65. The predicted molar refractivity (Wildman–Crippen MR) is 103 cm³/mol. The van der Waals surface area contributed by atoms with Gasteiger partial charge in [0, 0.05) is 24.1 Å². The number of rotatable bonds is 7. The summed E-state index contributed by atoms with van der Waals surface area (Å²) in [5.74, 6) is 0.440. The van der Waals surface area contributed by atoms with Crippen LogP contribution >= 0.6 is 23.1 Å². The number of thiophene rings is 1. The van der Waals surface area contributed by atoms with Crippen molar-refractivity contribution < 1.29 is 14.7 Å². The summed E-state index contributed by atoms with van der Waals surface area (Å²) in [6.45, 7) is 1.48. The van der Waals surface area contributed by atoms with Gasteiger partial charge in [-0.2, -0.15) is 11.8 Å². The van der Waals surface area contributed by atoms with Crippen LogP contribution in [0.5, 0.6) is 0 Å². The van der Waals surface area contributed by atoms with Gasteiger partial charge in [0.2, 0.25) is 5.91 Å². The van der Waals surface area contributed by atoms with Gasteiger partial charge in [-0.25, -0.2) is 9.78 Å². The van der Waals surface area contributed by atoms with Crippen LogP contribution in [-0.2, 0) is 28.2 Å². The molecule has 2 heterocycles. The van der Waals surface area contributed by atoms with E-state index < -0.39 is 12.0 Å². The first kappa shape index (κ1) is 18.9. The number of H-pyrrole nitrogens is 1. The van der Waals surface area contributed by atoms with Gasteiger partial charge in [0.25, 0.3) is 5.56 Å². The lowest BCUT2D eigenvalue weighted by Gasteiger charge is -2.21. The fraction of sp³-hybridized carbons (Fsp3) is 0.529. The molecule has 0 spiro atoms. The number of amides is 1. The third-order valence-corrected chi connectivity index (χ3v) is 6.81. The average molecular weight is 396 g/mol. The molecule has 3 rings (SSSR count). The molecule has 1 aliphatic carbocycles. The third kappa shape index (κ3) is 3.78. The van der Waals surface area contributed by atoms with Gasteiger partial charge in [-0.1, -0.05) is 0 Å². The molecule has 0 saturated carbocycles. The Morgan fingerprint density at radius 2 is 2.19 bits per heavy atom. The Labute approximate surface area is 158 Å². The van der Waals surface area contributed by atoms with E-state index in [0.717, 1.165) is 29.5 Å². The highest BCUT2D eigenvalue weighted by atomic mass is 32.2. The normalized spacial score (nSPS) is 14.4. The van der Waals surface area contributed by atoms with Crippen LogP contribution in [0.4, 0.5) is 0 Å². The fourth-order valence-corrected chi connectivity index (χ4v) is 5.08. The molecule has 0 aliphatic heterocycles. The van der Waals surface area contributed by atoms with Crippen molar-refractivity contribution in [1.29, 1.82) is 0 Å². The number of aromatic amines is 1. The molecule has 1 aliphatic rings. The number of carboxylic acid groups (broad SMARTS) is 1. The zero-order valence-electron chi connectivity index (χ0n) is 14.7. The van der Waals surface area contributed by atoms with Crippen molar-refractivity contribution in [3.63, 3.8) is 0 Å². The molecule has 2 N–H and O–H groups in total. The lowest BCUT2D eigenvalue weighted by molar-refractivity contribution is -0.148. The zero-order chi connectivity index (χ0) is 18.8. The standard InChI is InChI=1S/C17H21N3O4S2/c1-9(17(23)24)20(2)13(21)6-7-25-8-12-18-15(22)14-10-4-3-5-11(10)26-16(14)19-12/h9H,3-8H2,1-2H3,(H,23,24)(H,18,19,22). The highest BCUT2D eigenvalue weighted by Gasteiger charge is 2.22. The molecule has 0 aromatic carbocycles. The van der Waals surface area contributed by atoms with Crippen LogP contribution in [0.1, 0.15) is 36.0 Å². The second-order valence-corrected chi connectivity index (χ2v) is 8.56. The van der Waals surface area contributed by atoms with Crippen molar-refractivity contribution in [2.24, 2.45) is 0 Å². The summed E-state index contributed by atoms with van der Waals surface area (Å²) in [5, 5.41) is 9.68. The first-order chi connectivity index (χ1) is 12.4. The minimum Gasteiger partial charge on any atom is -0.480 e. The molecule has 1 atom stereocenters. The van der Waals surface area contributed by atoms with E-state index in [1.807, 2.05) is 0 Å². The molecule has 1 unspecified atom stereocenters. The molecular formula is C17H21N3O4S2. The summed E-state index contributed by atoms with van der Waals surface area (Å²) >= 11 is 3.11. The topological polar surface area (TPSA) is 103 Å². The Kier molecular flexibility index (Phi) is 5.67. The maximum Gasteiger partial charge on any atom is 0.326 e. The molecule has 2 aromatic heterocycles. The van der Waals surface area contributed by atoms with Crippen molar-refractivity contribution in [2.75, 3.05) is 12.8 Å². The predicted octanol–water partition coefficient (Wildman–Crippen LogP) is 2.03. The number of aromatic nitrogens is 2.